The van der Waals surface area contributed by atoms with Crippen LogP contribution in [-0.4, -0.2) is 45.9 Å². The van der Waals surface area contributed by atoms with Crippen LogP contribution in [-0.2, 0) is 21.5 Å². The molecule has 0 aromatic heterocycles. The number of para-hydroxylation sites is 1. The number of methoxy groups -OCH3 is 1. The van der Waals surface area contributed by atoms with Gasteiger partial charge in [0.25, 0.3) is 10.2 Å². The minimum Gasteiger partial charge on any atom is -0.405 e. The zero-order valence-corrected chi connectivity index (χ0v) is 14.6. The minimum absolute atomic E-state index is 0.105. The molecule has 0 saturated carbocycles. The lowest BCUT2D eigenvalue weighted by atomic mass is 10.0. The van der Waals surface area contributed by atoms with Gasteiger partial charge in [-0.15, -0.1) is 13.2 Å². The molecule has 1 saturated heterocycles. The van der Waals surface area contributed by atoms with Crippen molar-refractivity contribution in [1.82, 2.24) is 9.03 Å². The van der Waals surface area contributed by atoms with Gasteiger partial charge in [-0.25, -0.2) is 0 Å². The van der Waals surface area contributed by atoms with Crippen LogP contribution >= 0.6 is 0 Å². The predicted octanol–water partition coefficient (Wildman–Crippen LogP) is 2.28. The van der Waals surface area contributed by atoms with Crippen molar-refractivity contribution in [2.24, 2.45) is 5.92 Å². The summed E-state index contributed by atoms with van der Waals surface area (Å²) in [4.78, 5) is 0. The van der Waals surface area contributed by atoms with Crippen LogP contribution in [0.4, 0.5) is 13.2 Å². The number of rotatable bonds is 7. The van der Waals surface area contributed by atoms with Crippen LogP contribution in [0.2, 0.25) is 0 Å². The van der Waals surface area contributed by atoms with E-state index in [0.29, 0.717) is 26.1 Å². The summed E-state index contributed by atoms with van der Waals surface area (Å²) in [5.41, 5.74) is 0.105. The molecule has 1 aromatic carbocycles. The van der Waals surface area contributed by atoms with Gasteiger partial charge in [-0.05, 0) is 24.8 Å². The first-order chi connectivity index (χ1) is 11.7. The number of alkyl halides is 3. The van der Waals surface area contributed by atoms with Crippen molar-refractivity contribution in [1.29, 1.82) is 0 Å². The smallest absolute Gasteiger partial charge is 0.405 e. The molecule has 6 nitrogen and oxygen atoms in total. The Morgan fingerprint density at radius 1 is 1.32 bits per heavy atom. The van der Waals surface area contributed by atoms with Gasteiger partial charge in [-0.3, -0.25) is 0 Å². The maximum Gasteiger partial charge on any atom is 0.573 e. The number of hydrogen-bond donors (Lipinski definition) is 1. The van der Waals surface area contributed by atoms with Crippen molar-refractivity contribution in [3.05, 3.63) is 29.8 Å². The lowest BCUT2D eigenvalue weighted by molar-refractivity contribution is -0.274. The first-order valence-corrected chi connectivity index (χ1v) is 9.22. The lowest BCUT2D eigenvalue weighted by Gasteiger charge is -2.31. The topological polar surface area (TPSA) is 67.9 Å². The Balaban J connectivity index is 2.02. The Labute approximate surface area is 145 Å². The normalized spacial score (nSPS) is 19.8. The molecule has 1 atom stereocenters. The standard InChI is InChI=1S/C15H21F3N2O4S/c1-23-11-12-5-4-8-20(10-12)25(21,22)19-9-13-6-2-3-7-14(13)24-15(16,17)18/h2-3,6-7,12,19H,4-5,8-11H2,1H3. The van der Waals surface area contributed by atoms with Crippen LogP contribution < -0.4 is 9.46 Å². The Morgan fingerprint density at radius 3 is 2.72 bits per heavy atom. The van der Waals surface area contributed by atoms with Gasteiger partial charge in [-0.1, -0.05) is 18.2 Å². The van der Waals surface area contributed by atoms with E-state index in [0.717, 1.165) is 12.5 Å². The van der Waals surface area contributed by atoms with E-state index in [1.165, 1.54) is 22.5 Å². The first kappa shape index (κ1) is 20.0. The summed E-state index contributed by atoms with van der Waals surface area (Å²) in [6.45, 7) is 0.869. The number of benzene rings is 1. The van der Waals surface area contributed by atoms with Gasteiger partial charge in [0.15, 0.2) is 0 Å². The zero-order valence-electron chi connectivity index (χ0n) is 13.8. The molecule has 1 unspecified atom stereocenters. The Kier molecular flexibility index (Phi) is 6.66. The average Bonchev–Trinajstić information content (AvgIpc) is 2.53. The van der Waals surface area contributed by atoms with Crippen LogP contribution in [0, 0.1) is 5.92 Å². The van der Waals surface area contributed by atoms with E-state index in [9.17, 15) is 21.6 Å². The molecular formula is C15H21F3N2O4S. The second-order valence-corrected chi connectivity index (χ2v) is 7.56. The molecule has 0 aliphatic carbocycles. The van der Waals surface area contributed by atoms with E-state index >= 15 is 0 Å². The third-order valence-corrected chi connectivity index (χ3v) is 5.39. The van der Waals surface area contributed by atoms with Crippen molar-refractivity contribution in [3.8, 4) is 5.75 Å². The van der Waals surface area contributed by atoms with Gasteiger partial charge >= 0.3 is 6.36 Å². The van der Waals surface area contributed by atoms with Gasteiger partial charge < -0.3 is 9.47 Å². The summed E-state index contributed by atoms with van der Waals surface area (Å²) in [5, 5.41) is 0. The second kappa shape index (κ2) is 8.35. The lowest BCUT2D eigenvalue weighted by Crippen LogP contribution is -2.46. The van der Waals surface area contributed by atoms with Gasteiger partial charge in [-0.2, -0.15) is 17.4 Å². The van der Waals surface area contributed by atoms with Crippen LogP contribution in [0.3, 0.4) is 0 Å². The molecule has 10 heteroatoms. The van der Waals surface area contributed by atoms with Gasteiger partial charge in [0, 0.05) is 32.3 Å². The van der Waals surface area contributed by atoms with Gasteiger partial charge in [0.05, 0.1) is 6.61 Å². The molecule has 0 amide bonds. The van der Waals surface area contributed by atoms with E-state index in [1.54, 1.807) is 7.11 Å². The summed E-state index contributed by atoms with van der Waals surface area (Å²) in [6, 6.07) is 5.43. The monoisotopic (exact) mass is 382 g/mol. The highest BCUT2D eigenvalue weighted by atomic mass is 32.2. The fraction of sp³-hybridized carbons (Fsp3) is 0.600. The third kappa shape index (κ3) is 6.14. The molecule has 2 rings (SSSR count). The van der Waals surface area contributed by atoms with Crippen LogP contribution in [0.5, 0.6) is 5.75 Å². The number of piperidine rings is 1. The van der Waals surface area contributed by atoms with Crippen molar-refractivity contribution >= 4 is 10.2 Å². The number of ether oxygens (including phenoxy) is 2. The van der Waals surface area contributed by atoms with Gasteiger partial charge in [0.2, 0.25) is 0 Å². The molecule has 0 spiro atoms. The van der Waals surface area contributed by atoms with Crippen LogP contribution in [0.25, 0.3) is 0 Å². The molecule has 1 aliphatic rings. The number of halogens is 3. The molecule has 25 heavy (non-hydrogen) atoms. The van der Waals surface area contributed by atoms with Crippen molar-refractivity contribution in [3.63, 3.8) is 0 Å². The first-order valence-electron chi connectivity index (χ1n) is 7.78. The highest BCUT2D eigenvalue weighted by Gasteiger charge is 2.32. The van der Waals surface area contributed by atoms with Crippen LogP contribution in [0.1, 0.15) is 18.4 Å². The SMILES string of the molecule is COCC1CCCN(S(=O)(=O)NCc2ccccc2OC(F)(F)F)C1. The minimum atomic E-state index is -4.84. The Bertz CT molecular complexity index is 665. The molecule has 1 aliphatic heterocycles. The second-order valence-electron chi connectivity index (χ2n) is 5.80. The molecule has 0 radical (unpaired) electrons. The number of nitrogens with zero attached hydrogens (tertiary/aromatic N) is 1. The molecule has 1 aromatic rings. The molecule has 0 bridgehead atoms. The van der Waals surface area contributed by atoms with E-state index in [4.69, 9.17) is 4.74 Å². The molecule has 1 heterocycles. The average molecular weight is 382 g/mol. The highest BCUT2D eigenvalue weighted by Crippen LogP contribution is 2.26. The third-order valence-electron chi connectivity index (χ3n) is 3.87. The Morgan fingerprint density at radius 2 is 2.04 bits per heavy atom. The summed E-state index contributed by atoms with van der Waals surface area (Å²) in [7, 11) is -2.24. The largest absolute Gasteiger partial charge is 0.573 e. The van der Waals surface area contributed by atoms with Crippen molar-refractivity contribution in [2.75, 3.05) is 26.8 Å². The van der Waals surface area contributed by atoms with Crippen LogP contribution in [0.15, 0.2) is 24.3 Å². The zero-order chi connectivity index (χ0) is 18.5. The fourth-order valence-corrected chi connectivity index (χ4v) is 4.05. The molecule has 1 fully saturated rings. The maximum absolute atomic E-state index is 12.4. The predicted molar refractivity (Wildman–Crippen MR) is 85.1 cm³/mol. The number of hydrogen-bond acceptors (Lipinski definition) is 4. The highest BCUT2D eigenvalue weighted by molar-refractivity contribution is 7.87. The fourth-order valence-electron chi connectivity index (χ4n) is 2.75. The van der Waals surface area contributed by atoms with E-state index in [2.05, 4.69) is 9.46 Å². The molecule has 142 valence electrons. The summed E-state index contributed by atoms with van der Waals surface area (Å²) >= 11 is 0. The molecule has 1 N–H and O–H groups in total. The van der Waals surface area contributed by atoms with Crippen molar-refractivity contribution in [2.45, 2.75) is 25.7 Å². The van der Waals surface area contributed by atoms with Gasteiger partial charge in [0.1, 0.15) is 5.75 Å². The number of nitrogens with one attached hydrogen (secondary N) is 1. The van der Waals surface area contributed by atoms with Crippen molar-refractivity contribution < 1.29 is 31.1 Å². The summed E-state index contributed by atoms with van der Waals surface area (Å²) in [5.74, 6) is -0.315. The maximum atomic E-state index is 12.4. The van der Waals surface area contributed by atoms with E-state index in [1.807, 2.05) is 0 Å². The van der Waals surface area contributed by atoms with E-state index < -0.39 is 22.3 Å². The summed E-state index contributed by atoms with van der Waals surface area (Å²) < 4.78 is 74.7. The summed E-state index contributed by atoms with van der Waals surface area (Å²) in [6.07, 6.45) is -3.25. The Hall–Kier alpha value is -1.36. The quantitative estimate of drug-likeness (QED) is 0.786. The van der Waals surface area contributed by atoms with E-state index in [-0.39, 0.29) is 18.0 Å². The molecular weight excluding hydrogens is 361 g/mol.